The van der Waals surface area contributed by atoms with Gasteiger partial charge in [0, 0.05) is 12.0 Å². The van der Waals surface area contributed by atoms with Crippen LogP contribution in [-0.4, -0.2) is 26.2 Å². The summed E-state index contributed by atoms with van der Waals surface area (Å²) >= 11 is 1.53. The van der Waals surface area contributed by atoms with Crippen molar-refractivity contribution in [2.75, 3.05) is 0 Å². The Bertz CT molecular complexity index is 1240. The minimum absolute atomic E-state index is 0.0334. The molecule has 0 unspecified atom stereocenters. The molecule has 30 heavy (non-hydrogen) atoms. The summed E-state index contributed by atoms with van der Waals surface area (Å²) in [6.07, 6.45) is 0.713. The van der Waals surface area contributed by atoms with Gasteiger partial charge < -0.3 is 10.2 Å². The molecule has 0 radical (unpaired) electrons. The quantitative estimate of drug-likeness (QED) is 0.457. The predicted octanol–water partition coefficient (Wildman–Crippen LogP) is 5.31. The van der Waals surface area contributed by atoms with E-state index in [0.717, 1.165) is 33.3 Å². The Morgan fingerprint density at radius 3 is 2.50 bits per heavy atom. The van der Waals surface area contributed by atoms with Gasteiger partial charge in [-0.15, -0.1) is 11.3 Å². The monoisotopic (exact) mass is 420 g/mol. The van der Waals surface area contributed by atoms with Crippen LogP contribution in [0.1, 0.15) is 26.6 Å². The van der Waals surface area contributed by atoms with Crippen LogP contribution in [0, 0.1) is 12.7 Å². The lowest BCUT2D eigenvalue weighted by Gasteiger charge is -2.08. The first-order chi connectivity index (χ1) is 14.4. The number of benzene rings is 2. The molecule has 0 saturated carbocycles. The minimum atomic E-state index is -1.40. The van der Waals surface area contributed by atoms with Crippen molar-refractivity contribution in [3.8, 4) is 27.6 Å². The van der Waals surface area contributed by atoms with Crippen LogP contribution in [0.5, 0.6) is 5.75 Å². The fourth-order valence-electron chi connectivity index (χ4n) is 3.18. The highest BCUT2D eigenvalue weighted by atomic mass is 32.1. The zero-order valence-corrected chi connectivity index (χ0v) is 16.8. The number of aromatic hydroxyl groups is 1. The van der Waals surface area contributed by atoms with E-state index in [9.17, 15) is 14.3 Å². The van der Waals surface area contributed by atoms with Gasteiger partial charge in [0.25, 0.3) is 0 Å². The molecule has 0 saturated heterocycles. The summed E-state index contributed by atoms with van der Waals surface area (Å²) in [6, 6.07) is 17.1. The molecule has 4 rings (SSSR count). The number of halogens is 1. The number of aromatic carboxylic acids is 1. The first kappa shape index (κ1) is 19.7. The number of aryl methyl sites for hydroxylation is 1. The number of hydrogen-bond acceptors (Lipinski definition) is 5. The molecule has 150 valence electrons. The summed E-state index contributed by atoms with van der Waals surface area (Å²) in [5.74, 6) is -2.67. The summed E-state index contributed by atoms with van der Waals surface area (Å²) in [4.78, 5) is 21.2. The van der Waals surface area contributed by atoms with Gasteiger partial charge in [-0.3, -0.25) is 0 Å². The standard InChI is InChI=1S/C23H17FN2O3S/c1-13-22(30-21(25-13)10-14-6-3-2-4-7-14)19-9-5-8-18(26-19)15-12-20(27)16(23(28)29)11-17(15)24/h2-9,11-12,27H,10H2,1H3,(H,28,29). The van der Waals surface area contributed by atoms with Gasteiger partial charge in [-0.2, -0.15) is 0 Å². The maximum Gasteiger partial charge on any atom is 0.339 e. The van der Waals surface area contributed by atoms with Gasteiger partial charge in [0.1, 0.15) is 17.1 Å². The fraction of sp³-hybridized carbons (Fsp3) is 0.0870. The van der Waals surface area contributed by atoms with Crippen molar-refractivity contribution in [3.63, 3.8) is 0 Å². The van der Waals surface area contributed by atoms with Crippen LogP contribution in [0.25, 0.3) is 21.8 Å². The Balaban J connectivity index is 1.70. The van der Waals surface area contributed by atoms with E-state index in [4.69, 9.17) is 5.11 Å². The van der Waals surface area contributed by atoms with Crippen molar-refractivity contribution in [1.82, 2.24) is 9.97 Å². The molecular formula is C23H17FN2O3S. The molecular weight excluding hydrogens is 403 g/mol. The molecule has 2 heterocycles. The Hall–Kier alpha value is -3.58. The molecule has 0 spiro atoms. The summed E-state index contributed by atoms with van der Waals surface area (Å²) in [5, 5.41) is 19.9. The molecule has 0 bridgehead atoms. The highest BCUT2D eigenvalue weighted by molar-refractivity contribution is 7.15. The number of phenols is 1. The van der Waals surface area contributed by atoms with E-state index in [1.165, 1.54) is 11.3 Å². The Labute approximate surface area is 176 Å². The number of nitrogens with zero attached hydrogens (tertiary/aromatic N) is 2. The third kappa shape index (κ3) is 3.92. The average Bonchev–Trinajstić information content (AvgIpc) is 3.10. The molecule has 0 fully saturated rings. The van der Waals surface area contributed by atoms with E-state index >= 15 is 0 Å². The van der Waals surface area contributed by atoms with E-state index < -0.39 is 23.1 Å². The van der Waals surface area contributed by atoms with Gasteiger partial charge in [-0.05, 0) is 36.8 Å². The molecule has 2 N–H and O–H groups in total. The van der Waals surface area contributed by atoms with Crippen molar-refractivity contribution >= 4 is 17.3 Å². The minimum Gasteiger partial charge on any atom is -0.507 e. The van der Waals surface area contributed by atoms with Crippen LogP contribution in [0.3, 0.4) is 0 Å². The van der Waals surface area contributed by atoms with Crippen molar-refractivity contribution in [2.24, 2.45) is 0 Å². The second-order valence-corrected chi connectivity index (χ2v) is 7.83. The second kappa shape index (κ2) is 8.04. The van der Waals surface area contributed by atoms with Crippen LogP contribution < -0.4 is 0 Å². The number of pyridine rings is 1. The molecule has 2 aromatic carbocycles. The predicted molar refractivity (Wildman–Crippen MR) is 113 cm³/mol. The van der Waals surface area contributed by atoms with Crippen LogP contribution in [0.2, 0.25) is 0 Å². The van der Waals surface area contributed by atoms with E-state index in [-0.39, 0.29) is 5.56 Å². The molecule has 0 aliphatic carbocycles. The average molecular weight is 420 g/mol. The molecule has 0 atom stereocenters. The van der Waals surface area contributed by atoms with Crippen molar-refractivity contribution in [2.45, 2.75) is 13.3 Å². The summed E-state index contributed by atoms with van der Waals surface area (Å²) in [7, 11) is 0. The number of carbonyl (C=O) groups is 1. The third-order valence-corrected chi connectivity index (χ3v) is 5.79. The normalized spacial score (nSPS) is 10.9. The van der Waals surface area contributed by atoms with Gasteiger partial charge >= 0.3 is 5.97 Å². The summed E-state index contributed by atoms with van der Waals surface area (Å²) < 4.78 is 14.5. The van der Waals surface area contributed by atoms with Gasteiger partial charge in [0.15, 0.2) is 0 Å². The van der Waals surface area contributed by atoms with Gasteiger partial charge in [0.05, 0.1) is 27.0 Å². The van der Waals surface area contributed by atoms with E-state index in [1.54, 1.807) is 12.1 Å². The molecule has 0 aliphatic rings. The molecule has 4 aromatic rings. The Morgan fingerprint density at radius 1 is 1.03 bits per heavy atom. The van der Waals surface area contributed by atoms with Crippen molar-refractivity contribution in [1.29, 1.82) is 0 Å². The number of carboxylic acid groups (broad SMARTS) is 1. The van der Waals surface area contributed by atoms with Crippen LogP contribution in [-0.2, 0) is 6.42 Å². The molecule has 7 heteroatoms. The van der Waals surface area contributed by atoms with Crippen LogP contribution >= 0.6 is 11.3 Å². The Morgan fingerprint density at radius 2 is 1.77 bits per heavy atom. The number of rotatable bonds is 5. The number of hydrogen-bond donors (Lipinski definition) is 2. The second-order valence-electron chi connectivity index (χ2n) is 6.75. The summed E-state index contributed by atoms with van der Waals surface area (Å²) in [6.45, 7) is 1.91. The van der Waals surface area contributed by atoms with Gasteiger partial charge in [-0.25, -0.2) is 19.2 Å². The number of thiazole rings is 1. The zero-order valence-electron chi connectivity index (χ0n) is 16.0. The molecule has 5 nitrogen and oxygen atoms in total. The maximum atomic E-state index is 14.5. The largest absolute Gasteiger partial charge is 0.507 e. The van der Waals surface area contributed by atoms with Crippen molar-refractivity contribution < 1.29 is 19.4 Å². The maximum absolute atomic E-state index is 14.5. The SMILES string of the molecule is Cc1nc(Cc2ccccc2)sc1-c1cccc(-c2cc(O)c(C(=O)O)cc2F)n1. The number of carboxylic acids is 1. The van der Waals surface area contributed by atoms with Crippen molar-refractivity contribution in [3.05, 3.63) is 88.3 Å². The van der Waals surface area contributed by atoms with Gasteiger partial charge in [0.2, 0.25) is 0 Å². The van der Waals surface area contributed by atoms with E-state index in [1.807, 2.05) is 43.3 Å². The third-order valence-electron chi connectivity index (χ3n) is 4.61. The Kier molecular flexibility index (Phi) is 5.29. The van der Waals surface area contributed by atoms with E-state index in [0.29, 0.717) is 17.8 Å². The zero-order chi connectivity index (χ0) is 21.3. The smallest absolute Gasteiger partial charge is 0.339 e. The lowest BCUT2D eigenvalue weighted by atomic mass is 10.1. The molecule has 2 aromatic heterocycles. The lowest BCUT2D eigenvalue weighted by Crippen LogP contribution is -1.99. The van der Waals surface area contributed by atoms with Gasteiger partial charge in [-0.1, -0.05) is 36.4 Å². The fourth-order valence-corrected chi connectivity index (χ4v) is 4.25. The number of aromatic nitrogens is 2. The summed E-state index contributed by atoms with van der Waals surface area (Å²) in [5.41, 5.74) is 2.48. The first-order valence-corrected chi connectivity index (χ1v) is 9.98. The highest BCUT2D eigenvalue weighted by Crippen LogP contribution is 2.33. The topological polar surface area (TPSA) is 83.3 Å². The van der Waals surface area contributed by atoms with Crippen LogP contribution in [0.15, 0.2) is 60.7 Å². The first-order valence-electron chi connectivity index (χ1n) is 9.16. The molecule has 0 aliphatic heterocycles. The van der Waals surface area contributed by atoms with E-state index in [2.05, 4.69) is 9.97 Å². The highest BCUT2D eigenvalue weighted by Gasteiger charge is 2.18. The van der Waals surface area contributed by atoms with Crippen LogP contribution in [0.4, 0.5) is 4.39 Å². The molecule has 0 amide bonds. The lowest BCUT2D eigenvalue weighted by molar-refractivity contribution is 0.0693.